The highest BCUT2D eigenvalue weighted by atomic mass is 32.1. The zero-order valence-corrected chi connectivity index (χ0v) is 20.2. The highest BCUT2D eigenvalue weighted by Crippen LogP contribution is 2.34. The summed E-state index contributed by atoms with van der Waals surface area (Å²) in [4.78, 5) is 20.9. The summed E-state index contributed by atoms with van der Waals surface area (Å²) < 4.78 is 6.97. The number of aromatic nitrogens is 2. The number of benzene rings is 2. The summed E-state index contributed by atoms with van der Waals surface area (Å²) in [5.74, 6) is 1.79. The molecule has 0 saturated carbocycles. The van der Waals surface area contributed by atoms with E-state index in [1.54, 1.807) is 12.1 Å². The molecule has 4 aromatic rings. The predicted octanol–water partition coefficient (Wildman–Crippen LogP) is 7.65. The Kier molecular flexibility index (Phi) is 7.54. The molecule has 6 nitrogen and oxygen atoms in total. The van der Waals surface area contributed by atoms with Gasteiger partial charge in [0.05, 0.1) is 5.52 Å². The molecule has 0 spiro atoms. The van der Waals surface area contributed by atoms with E-state index >= 15 is 0 Å². The van der Waals surface area contributed by atoms with Crippen molar-refractivity contribution in [3.05, 3.63) is 78.2 Å². The number of thiophene rings is 1. The zero-order valence-electron chi connectivity index (χ0n) is 19.4. The topological polar surface area (TPSA) is 76.1 Å². The normalized spacial score (nSPS) is 11.7. The van der Waals surface area contributed by atoms with Crippen LogP contribution in [0.3, 0.4) is 0 Å². The van der Waals surface area contributed by atoms with E-state index in [0.29, 0.717) is 29.2 Å². The van der Waals surface area contributed by atoms with Crippen molar-refractivity contribution in [2.24, 2.45) is 0 Å². The number of amides is 1. The molecule has 0 saturated heterocycles. The number of carbonyl (C=O) groups excluding carboxylic acids is 1. The van der Waals surface area contributed by atoms with E-state index in [1.807, 2.05) is 23.6 Å². The molecule has 34 heavy (non-hydrogen) atoms. The second kappa shape index (κ2) is 10.9. The first-order chi connectivity index (χ1) is 16.6. The molecule has 2 aromatic carbocycles. The summed E-state index contributed by atoms with van der Waals surface area (Å²) >= 11 is 1.52. The van der Waals surface area contributed by atoms with Gasteiger partial charge in [-0.3, -0.25) is 4.79 Å². The Bertz CT molecular complexity index is 1280. The molecular weight excluding hydrogens is 444 g/mol. The van der Waals surface area contributed by atoms with Crippen LogP contribution >= 0.6 is 11.3 Å². The van der Waals surface area contributed by atoms with Gasteiger partial charge in [-0.1, -0.05) is 45.0 Å². The third kappa shape index (κ3) is 5.61. The third-order valence-corrected chi connectivity index (χ3v) is 6.43. The number of carbonyl (C=O) groups is 1. The molecule has 174 valence electrons. The van der Waals surface area contributed by atoms with E-state index in [-0.39, 0.29) is 5.91 Å². The van der Waals surface area contributed by atoms with E-state index in [9.17, 15) is 4.79 Å². The molecule has 0 fully saturated rings. The van der Waals surface area contributed by atoms with Gasteiger partial charge < -0.3 is 15.4 Å². The molecule has 4 rings (SSSR count). The third-order valence-electron chi connectivity index (χ3n) is 5.54. The minimum Gasteiger partial charge on any atom is -0.437 e. The number of hydrogen-bond acceptors (Lipinski definition) is 6. The van der Waals surface area contributed by atoms with E-state index in [2.05, 4.69) is 65.3 Å². The fourth-order valence-electron chi connectivity index (χ4n) is 3.83. The number of anilines is 3. The van der Waals surface area contributed by atoms with E-state index < -0.39 is 0 Å². The summed E-state index contributed by atoms with van der Waals surface area (Å²) in [5.41, 5.74) is 3.70. The molecule has 7 heteroatoms. The smallest absolute Gasteiger partial charge is 0.247 e. The van der Waals surface area contributed by atoms with Crippen LogP contribution in [0.25, 0.3) is 10.2 Å². The van der Waals surface area contributed by atoms with Crippen molar-refractivity contribution in [3.63, 3.8) is 0 Å². The standard InChI is InChI=1S/C27H28N4O2S/c1-4-8-18(5-2)19-11-13-20(14-12-19)29-27-30-23-15-16-34-25(23)26(31-27)33-22-10-7-9-21(17-22)28-24(32)6-3/h6-7,9-18H,3-5,8H2,1-2H3,(H,28,32)(H,29,30,31). The molecule has 2 N–H and O–H groups in total. The highest BCUT2D eigenvalue weighted by molar-refractivity contribution is 7.17. The van der Waals surface area contributed by atoms with Crippen LogP contribution in [-0.2, 0) is 4.79 Å². The van der Waals surface area contributed by atoms with Gasteiger partial charge in [0.25, 0.3) is 0 Å². The minimum atomic E-state index is -0.280. The Labute approximate surface area is 203 Å². The van der Waals surface area contributed by atoms with Crippen molar-refractivity contribution in [2.45, 2.75) is 39.0 Å². The Hall–Kier alpha value is -3.71. The first-order valence-electron chi connectivity index (χ1n) is 11.4. The number of fused-ring (bicyclic) bond motifs is 1. The van der Waals surface area contributed by atoms with Crippen LogP contribution in [0.5, 0.6) is 11.6 Å². The van der Waals surface area contributed by atoms with Crippen LogP contribution in [0.15, 0.2) is 72.6 Å². The molecule has 0 aliphatic carbocycles. The Morgan fingerprint density at radius 3 is 2.68 bits per heavy atom. The maximum atomic E-state index is 11.6. The Morgan fingerprint density at radius 1 is 1.12 bits per heavy atom. The quantitative estimate of drug-likeness (QED) is 0.232. The molecule has 0 aliphatic rings. The average Bonchev–Trinajstić information content (AvgIpc) is 3.32. The maximum Gasteiger partial charge on any atom is 0.247 e. The molecule has 0 aliphatic heterocycles. The number of ether oxygens (including phenoxy) is 1. The van der Waals surface area contributed by atoms with Crippen LogP contribution in [0.1, 0.15) is 44.6 Å². The maximum absolute atomic E-state index is 11.6. The van der Waals surface area contributed by atoms with Gasteiger partial charge in [0.15, 0.2) is 0 Å². The number of nitrogens with one attached hydrogen (secondary N) is 2. The van der Waals surface area contributed by atoms with Gasteiger partial charge in [0.2, 0.25) is 17.7 Å². The Balaban J connectivity index is 1.56. The SMILES string of the molecule is C=CC(=O)Nc1cccc(Oc2nc(Nc3ccc(C(CC)CCC)cc3)nc3ccsc23)c1. The lowest BCUT2D eigenvalue weighted by atomic mass is 9.92. The fourth-order valence-corrected chi connectivity index (χ4v) is 4.58. The molecule has 1 amide bonds. The summed E-state index contributed by atoms with van der Waals surface area (Å²) in [6.45, 7) is 7.94. The first-order valence-corrected chi connectivity index (χ1v) is 12.3. The van der Waals surface area contributed by atoms with Crippen molar-refractivity contribution in [1.82, 2.24) is 9.97 Å². The van der Waals surface area contributed by atoms with Crippen molar-refractivity contribution in [1.29, 1.82) is 0 Å². The number of hydrogen-bond donors (Lipinski definition) is 2. The van der Waals surface area contributed by atoms with Crippen molar-refractivity contribution in [2.75, 3.05) is 10.6 Å². The second-order valence-electron chi connectivity index (χ2n) is 7.95. The first kappa shape index (κ1) is 23.4. The number of rotatable bonds is 10. The zero-order chi connectivity index (χ0) is 23.9. The van der Waals surface area contributed by atoms with Gasteiger partial charge in [-0.05, 0) is 66.1 Å². The van der Waals surface area contributed by atoms with E-state index in [1.165, 1.54) is 35.8 Å². The largest absolute Gasteiger partial charge is 0.437 e. The van der Waals surface area contributed by atoms with Crippen LogP contribution in [0.4, 0.5) is 17.3 Å². The molecule has 2 heterocycles. The van der Waals surface area contributed by atoms with Crippen molar-refractivity contribution < 1.29 is 9.53 Å². The fraction of sp³-hybridized carbons (Fsp3) is 0.222. The minimum absolute atomic E-state index is 0.280. The lowest BCUT2D eigenvalue weighted by molar-refractivity contribution is -0.111. The van der Waals surface area contributed by atoms with Gasteiger partial charge in [-0.15, -0.1) is 11.3 Å². The molecule has 0 radical (unpaired) electrons. The summed E-state index contributed by atoms with van der Waals surface area (Å²) in [6, 6.07) is 17.6. The van der Waals surface area contributed by atoms with Gasteiger partial charge in [-0.2, -0.15) is 4.98 Å². The monoisotopic (exact) mass is 472 g/mol. The lowest BCUT2D eigenvalue weighted by Crippen LogP contribution is -2.07. The van der Waals surface area contributed by atoms with Gasteiger partial charge in [0.1, 0.15) is 10.4 Å². The summed E-state index contributed by atoms with van der Waals surface area (Å²) in [7, 11) is 0. The van der Waals surface area contributed by atoms with E-state index in [0.717, 1.165) is 22.3 Å². The van der Waals surface area contributed by atoms with Crippen LogP contribution in [0.2, 0.25) is 0 Å². The van der Waals surface area contributed by atoms with Crippen molar-refractivity contribution >= 4 is 44.8 Å². The van der Waals surface area contributed by atoms with E-state index in [4.69, 9.17) is 4.74 Å². The van der Waals surface area contributed by atoms with Crippen molar-refractivity contribution in [3.8, 4) is 11.6 Å². The summed E-state index contributed by atoms with van der Waals surface area (Å²) in [5, 5.41) is 8.01. The molecule has 2 aromatic heterocycles. The Morgan fingerprint density at radius 2 is 1.94 bits per heavy atom. The summed E-state index contributed by atoms with van der Waals surface area (Å²) in [6.07, 6.45) is 4.74. The van der Waals surface area contributed by atoms with Crippen LogP contribution in [0, 0.1) is 0 Å². The molecule has 0 bridgehead atoms. The molecule has 1 atom stereocenters. The van der Waals surface area contributed by atoms with Crippen LogP contribution in [-0.4, -0.2) is 15.9 Å². The van der Waals surface area contributed by atoms with Gasteiger partial charge in [-0.25, -0.2) is 4.98 Å². The molecular formula is C27H28N4O2S. The highest BCUT2D eigenvalue weighted by Gasteiger charge is 2.13. The lowest BCUT2D eigenvalue weighted by Gasteiger charge is -2.15. The van der Waals surface area contributed by atoms with Gasteiger partial charge >= 0.3 is 0 Å². The average molecular weight is 473 g/mol. The molecule has 1 unspecified atom stereocenters. The number of nitrogens with zero attached hydrogens (tertiary/aromatic N) is 2. The van der Waals surface area contributed by atoms with Crippen LogP contribution < -0.4 is 15.4 Å². The van der Waals surface area contributed by atoms with Gasteiger partial charge in [0, 0.05) is 17.4 Å². The predicted molar refractivity (Wildman–Crippen MR) is 140 cm³/mol. The second-order valence-corrected chi connectivity index (χ2v) is 8.87.